The number of nitrogens with one attached hydrogen (secondary N) is 2. The van der Waals surface area contributed by atoms with E-state index in [1.807, 2.05) is 0 Å². The Morgan fingerprint density at radius 1 is 1.58 bits per heavy atom. The highest BCUT2D eigenvalue weighted by Gasteiger charge is 2.02. The summed E-state index contributed by atoms with van der Waals surface area (Å²) in [6.45, 7) is 2.06. The molecule has 2 heterocycles. The molecule has 62 valence electrons. The molecule has 2 aromatic rings. The van der Waals surface area contributed by atoms with Crippen molar-refractivity contribution in [3.05, 3.63) is 16.8 Å². The third-order valence-corrected chi connectivity index (χ3v) is 1.93. The topological polar surface area (TPSA) is 57.4 Å². The first-order valence-electron chi connectivity index (χ1n) is 3.73. The van der Waals surface area contributed by atoms with Crippen molar-refractivity contribution in [3.63, 3.8) is 0 Å². The van der Waals surface area contributed by atoms with Gasteiger partial charge in [-0.05, 0) is 18.6 Å². The maximum Gasteiger partial charge on any atom is 0.199 e. The maximum atomic E-state index is 4.94. The summed E-state index contributed by atoms with van der Waals surface area (Å²) >= 11 is 4.94. The molecule has 2 rings (SSSR count). The Kier molecular flexibility index (Phi) is 1.65. The average Bonchev–Trinajstić information content (AvgIpc) is 2.50. The van der Waals surface area contributed by atoms with Gasteiger partial charge >= 0.3 is 0 Å². The monoisotopic (exact) mass is 180 g/mol. The molecule has 0 aliphatic rings. The first-order valence-corrected chi connectivity index (χ1v) is 4.14. The number of aromatic nitrogens is 4. The second-order valence-corrected chi connectivity index (χ2v) is 2.86. The van der Waals surface area contributed by atoms with Crippen molar-refractivity contribution in [1.82, 2.24) is 19.9 Å². The largest absolute Gasteiger partial charge is 0.342 e. The summed E-state index contributed by atoms with van der Waals surface area (Å²) in [7, 11) is 0. The van der Waals surface area contributed by atoms with E-state index in [1.165, 1.54) is 0 Å². The van der Waals surface area contributed by atoms with E-state index in [-0.39, 0.29) is 0 Å². The molecule has 4 nitrogen and oxygen atoms in total. The second-order valence-electron chi connectivity index (χ2n) is 2.48. The first-order chi connectivity index (χ1) is 5.81. The SMILES string of the molecule is CCc1[nH]c(=S)nc2nc[nH]c12. The van der Waals surface area contributed by atoms with Gasteiger partial charge in [-0.25, -0.2) is 4.98 Å². The van der Waals surface area contributed by atoms with Crippen LogP contribution in [0.4, 0.5) is 0 Å². The predicted octanol–water partition coefficient (Wildman–Crippen LogP) is 1.58. The smallest absolute Gasteiger partial charge is 0.199 e. The van der Waals surface area contributed by atoms with E-state index >= 15 is 0 Å². The van der Waals surface area contributed by atoms with Crippen LogP contribution in [-0.4, -0.2) is 19.9 Å². The van der Waals surface area contributed by atoms with E-state index in [0.717, 1.165) is 17.6 Å². The summed E-state index contributed by atoms with van der Waals surface area (Å²) in [6.07, 6.45) is 2.52. The lowest BCUT2D eigenvalue weighted by Crippen LogP contribution is -1.92. The van der Waals surface area contributed by atoms with E-state index in [2.05, 4.69) is 26.9 Å². The highest BCUT2D eigenvalue weighted by molar-refractivity contribution is 7.71. The molecule has 2 N–H and O–H groups in total. The molecule has 0 bridgehead atoms. The number of nitrogens with zero attached hydrogens (tertiary/aromatic N) is 2. The van der Waals surface area contributed by atoms with Gasteiger partial charge in [0.15, 0.2) is 10.4 Å². The van der Waals surface area contributed by atoms with Crippen LogP contribution < -0.4 is 0 Å². The minimum atomic E-state index is 0.492. The van der Waals surface area contributed by atoms with Gasteiger partial charge in [-0.2, -0.15) is 4.98 Å². The number of hydrogen-bond donors (Lipinski definition) is 2. The molecule has 0 aliphatic heterocycles. The lowest BCUT2D eigenvalue weighted by atomic mass is 10.3. The van der Waals surface area contributed by atoms with Crippen LogP contribution in [0.3, 0.4) is 0 Å². The van der Waals surface area contributed by atoms with Crippen molar-refractivity contribution in [3.8, 4) is 0 Å². The Labute approximate surface area is 74.1 Å². The molecule has 0 amide bonds. The zero-order valence-electron chi connectivity index (χ0n) is 6.59. The van der Waals surface area contributed by atoms with Crippen molar-refractivity contribution >= 4 is 23.4 Å². The second kappa shape index (κ2) is 2.67. The van der Waals surface area contributed by atoms with Gasteiger partial charge in [0.1, 0.15) is 5.52 Å². The molecule has 0 saturated heterocycles. The molecule has 12 heavy (non-hydrogen) atoms. The van der Waals surface area contributed by atoms with E-state index in [0.29, 0.717) is 10.4 Å². The Bertz CT molecular complexity index is 456. The fraction of sp³-hybridized carbons (Fsp3) is 0.286. The van der Waals surface area contributed by atoms with Gasteiger partial charge in [0.2, 0.25) is 0 Å². The summed E-state index contributed by atoms with van der Waals surface area (Å²) in [5, 5.41) is 0. The molecule has 0 saturated carbocycles. The van der Waals surface area contributed by atoms with Crippen LogP contribution in [0.1, 0.15) is 12.6 Å². The molecule has 0 unspecified atom stereocenters. The van der Waals surface area contributed by atoms with E-state index in [1.54, 1.807) is 6.33 Å². The van der Waals surface area contributed by atoms with Crippen molar-refractivity contribution < 1.29 is 0 Å². The van der Waals surface area contributed by atoms with Crippen molar-refractivity contribution in [2.75, 3.05) is 0 Å². The standard InChI is InChI=1S/C7H8N4S/c1-2-4-5-6(9-3-8-5)11-7(12)10-4/h3H,2H2,1H3,(H2,8,9,10,11,12). The van der Waals surface area contributed by atoms with Crippen LogP contribution in [0.2, 0.25) is 0 Å². The number of rotatable bonds is 1. The minimum Gasteiger partial charge on any atom is -0.342 e. The van der Waals surface area contributed by atoms with Crippen LogP contribution in [-0.2, 0) is 6.42 Å². The summed E-state index contributed by atoms with van der Waals surface area (Å²) in [4.78, 5) is 14.1. The van der Waals surface area contributed by atoms with E-state index < -0.39 is 0 Å². The van der Waals surface area contributed by atoms with Gasteiger partial charge in [0, 0.05) is 5.69 Å². The molecular weight excluding hydrogens is 172 g/mol. The summed E-state index contributed by atoms with van der Waals surface area (Å²) < 4.78 is 0.492. The van der Waals surface area contributed by atoms with Gasteiger partial charge in [-0.1, -0.05) is 6.92 Å². The summed E-state index contributed by atoms with van der Waals surface area (Å²) in [6, 6.07) is 0. The molecule has 0 aliphatic carbocycles. The van der Waals surface area contributed by atoms with Crippen LogP contribution >= 0.6 is 12.2 Å². The van der Waals surface area contributed by atoms with Gasteiger partial charge in [0.05, 0.1) is 6.33 Å². The lowest BCUT2D eigenvalue weighted by Gasteiger charge is -1.96. The number of aryl methyl sites for hydroxylation is 1. The number of fused-ring (bicyclic) bond motifs is 1. The van der Waals surface area contributed by atoms with Crippen LogP contribution in [0.15, 0.2) is 6.33 Å². The van der Waals surface area contributed by atoms with Crippen LogP contribution in [0.25, 0.3) is 11.2 Å². The van der Waals surface area contributed by atoms with Crippen molar-refractivity contribution in [1.29, 1.82) is 0 Å². The number of imidazole rings is 1. The Morgan fingerprint density at radius 3 is 3.17 bits per heavy atom. The third kappa shape index (κ3) is 1.02. The number of hydrogen-bond acceptors (Lipinski definition) is 3. The zero-order chi connectivity index (χ0) is 8.55. The van der Waals surface area contributed by atoms with Crippen LogP contribution in [0.5, 0.6) is 0 Å². The first kappa shape index (κ1) is 7.42. The summed E-state index contributed by atoms with van der Waals surface area (Å²) in [5.41, 5.74) is 2.70. The van der Waals surface area contributed by atoms with Gasteiger partial charge in [-0.15, -0.1) is 0 Å². The molecule has 0 fully saturated rings. The lowest BCUT2D eigenvalue weighted by molar-refractivity contribution is 1.01. The molecule has 2 aromatic heterocycles. The Hall–Kier alpha value is -1.23. The molecule has 0 spiro atoms. The van der Waals surface area contributed by atoms with E-state index in [4.69, 9.17) is 12.2 Å². The number of aromatic amines is 2. The van der Waals surface area contributed by atoms with Crippen molar-refractivity contribution in [2.24, 2.45) is 0 Å². The third-order valence-electron chi connectivity index (χ3n) is 1.74. The normalized spacial score (nSPS) is 10.8. The van der Waals surface area contributed by atoms with E-state index in [9.17, 15) is 0 Å². The Morgan fingerprint density at radius 2 is 2.42 bits per heavy atom. The average molecular weight is 180 g/mol. The van der Waals surface area contributed by atoms with Gasteiger partial charge < -0.3 is 9.97 Å². The zero-order valence-corrected chi connectivity index (χ0v) is 7.40. The fourth-order valence-electron chi connectivity index (χ4n) is 1.17. The highest BCUT2D eigenvalue weighted by Crippen LogP contribution is 2.09. The molecule has 0 radical (unpaired) electrons. The fourth-order valence-corrected chi connectivity index (χ4v) is 1.38. The van der Waals surface area contributed by atoms with Gasteiger partial charge in [0.25, 0.3) is 0 Å². The highest BCUT2D eigenvalue weighted by atomic mass is 32.1. The Balaban J connectivity index is 2.89. The summed E-state index contributed by atoms with van der Waals surface area (Å²) in [5.74, 6) is 0. The van der Waals surface area contributed by atoms with Gasteiger partial charge in [-0.3, -0.25) is 0 Å². The number of H-pyrrole nitrogens is 2. The molecule has 0 atom stereocenters. The molecule has 0 aromatic carbocycles. The molecular formula is C7H8N4S. The van der Waals surface area contributed by atoms with Crippen LogP contribution in [0, 0.1) is 4.77 Å². The predicted molar refractivity (Wildman–Crippen MR) is 48.5 cm³/mol. The quantitative estimate of drug-likeness (QED) is 0.655. The molecule has 5 heteroatoms. The minimum absolute atomic E-state index is 0.492. The maximum absolute atomic E-state index is 4.94. The van der Waals surface area contributed by atoms with Crippen molar-refractivity contribution in [2.45, 2.75) is 13.3 Å².